The average molecular weight is 756 g/mol. The molecule has 0 fully saturated rings. The van der Waals surface area contributed by atoms with Crippen molar-refractivity contribution in [1.29, 1.82) is 0 Å². The number of nitrogens with zero attached hydrogens (tertiary/aromatic N) is 3. The second-order valence-corrected chi connectivity index (χ2v) is 15.1. The maximum absolute atomic E-state index is 7.04. The van der Waals surface area contributed by atoms with Crippen LogP contribution in [0, 0.1) is 0 Å². The number of fused-ring (bicyclic) bond motifs is 9. The number of aromatic nitrogens is 1. The van der Waals surface area contributed by atoms with E-state index in [1.54, 1.807) is 0 Å². The number of hydrogen-bond donors (Lipinski definition) is 0. The second-order valence-electron chi connectivity index (χ2n) is 15.1. The molecule has 6 heteroatoms. The van der Waals surface area contributed by atoms with Crippen molar-refractivity contribution in [3.63, 3.8) is 0 Å². The Morgan fingerprint density at radius 3 is 1.44 bits per heavy atom. The van der Waals surface area contributed by atoms with Crippen molar-refractivity contribution >= 4 is 89.5 Å². The third-order valence-electron chi connectivity index (χ3n) is 11.8. The molecular weight excluding hydrogens is 721 g/mol. The van der Waals surface area contributed by atoms with Crippen LogP contribution in [0.5, 0.6) is 23.0 Å². The molecule has 0 atom stereocenters. The fourth-order valence-electron chi connectivity index (χ4n) is 9.31. The molecule has 2 aliphatic heterocycles. The number of ether oxygens (including phenoxy) is 2. The molecule has 10 aromatic rings. The lowest BCUT2D eigenvalue weighted by molar-refractivity contribution is 0.465. The van der Waals surface area contributed by atoms with Gasteiger partial charge >= 0.3 is 0 Å². The van der Waals surface area contributed by atoms with Crippen molar-refractivity contribution in [3.05, 3.63) is 207 Å². The summed E-state index contributed by atoms with van der Waals surface area (Å²) >= 11 is 0. The van der Waals surface area contributed by atoms with E-state index in [0.717, 1.165) is 95.1 Å². The van der Waals surface area contributed by atoms with E-state index in [9.17, 15) is 0 Å². The Hall–Kier alpha value is -7.83. The van der Waals surface area contributed by atoms with E-state index >= 15 is 0 Å². The molecular formula is C53H34BN3O2. The first kappa shape index (κ1) is 33.3. The molecule has 0 unspecified atom stereocenters. The first-order valence-corrected chi connectivity index (χ1v) is 20.0. The minimum atomic E-state index is -0.166. The molecule has 9 aromatic carbocycles. The summed E-state index contributed by atoms with van der Waals surface area (Å²) in [6, 6.07) is 68.5. The third kappa shape index (κ3) is 5.30. The predicted octanol–water partition coefficient (Wildman–Crippen LogP) is 12.2. The van der Waals surface area contributed by atoms with Gasteiger partial charge in [-0.25, -0.2) is 0 Å². The van der Waals surface area contributed by atoms with Crippen molar-refractivity contribution in [2.75, 3.05) is 9.80 Å². The zero-order chi connectivity index (χ0) is 38.9. The Kier molecular flexibility index (Phi) is 7.57. The summed E-state index contributed by atoms with van der Waals surface area (Å²) in [5.41, 5.74) is 9.50. The largest absolute Gasteiger partial charge is 0.458 e. The molecule has 3 heterocycles. The SMILES string of the molecule is c1ccc(N(c2ccccc2)c2cc3c(c4ccccc24)B2c4c(cccc4Oc4cc(N(c5cccnc5)c5ccc6ccccc6c5)c5ccccc5c42)O3)cc1. The van der Waals surface area contributed by atoms with Crippen LogP contribution in [0.25, 0.3) is 32.3 Å². The Morgan fingerprint density at radius 2 is 0.864 bits per heavy atom. The quantitative estimate of drug-likeness (QED) is 0.158. The van der Waals surface area contributed by atoms with Gasteiger partial charge in [-0.05, 0) is 93.1 Å². The molecule has 0 aliphatic carbocycles. The fraction of sp³-hybridized carbons (Fsp3) is 0. The van der Waals surface area contributed by atoms with Crippen LogP contribution in [0.2, 0.25) is 0 Å². The zero-order valence-electron chi connectivity index (χ0n) is 31.9. The minimum Gasteiger partial charge on any atom is -0.458 e. The molecule has 5 nitrogen and oxygen atoms in total. The van der Waals surface area contributed by atoms with E-state index < -0.39 is 0 Å². The van der Waals surface area contributed by atoms with E-state index in [0.29, 0.717) is 0 Å². The molecule has 276 valence electrons. The lowest BCUT2D eigenvalue weighted by Gasteiger charge is -2.36. The smallest absolute Gasteiger partial charge is 0.262 e. The molecule has 1 aromatic heterocycles. The lowest BCUT2D eigenvalue weighted by atomic mass is 9.33. The van der Waals surface area contributed by atoms with Crippen LogP contribution in [-0.4, -0.2) is 11.7 Å². The van der Waals surface area contributed by atoms with Gasteiger partial charge in [0.2, 0.25) is 0 Å². The summed E-state index contributed by atoms with van der Waals surface area (Å²) in [6.07, 6.45) is 3.75. The van der Waals surface area contributed by atoms with Crippen molar-refractivity contribution in [2.45, 2.75) is 0 Å². The Bertz CT molecular complexity index is 3210. The molecule has 12 rings (SSSR count). The number of rotatable bonds is 6. The summed E-state index contributed by atoms with van der Waals surface area (Å²) in [4.78, 5) is 9.22. The normalized spacial score (nSPS) is 12.3. The van der Waals surface area contributed by atoms with Gasteiger partial charge in [0, 0.05) is 51.6 Å². The molecule has 2 aliphatic rings. The number of benzene rings is 9. The highest BCUT2D eigenvalue weighted by atomic mass is 16.5. The molecule has 0 radical (unpaired) electrons. The number of pyridine rings is 1. The van der Waals surface area contributed by atoms with Crippen LogP contribution in [0.3, 0.4) is 0 Å². The minimum absolute atomic E-state index is 0.166. The van der Waals surface area contributed by atoms with Gasteiger partial charge in [-0.2, -0.15) is 0 Å². The third-order valence-corrected chi connectivity index (χ3v) is 11.8. The van der Waals surface area contributed by atoms with E-state index in [1.807, 2.05) is 24.5 Å². The number of hydrogen-bond acceptors (Lipinski definition) is 5. The van der Waals surface area contributed by atoms with E-state index in [1.165, 1.54) is 10.8 Å². The van der Waals surface area contributed by atoms with Gasteiger partial charge in [0.15, 0.2) is 0 Å². The van der Waals surface area contributed by atoms with Crippen molar-refractivity contribution in [3.8, 4) is 23.0 Å². The van der Waals surface area contributed by atoms with Gasteiger partial charge in [-0.3, -0.25) is 4.98 Å². The van der Waals surface area contributed by atoms with Crippen molar-refractivity contribution in [1.82, 2.24) is 4.98 Å². The molecule has 0 spiro atoms. The van der Waals surface area contributed by atoms with E-state index in [2.05, 4.69) is 197 Å². The Labute approximate surface area is 342 Å². The van der Waals surface area contributed by atoms with Crippen molar-refractivity contribution in [2.24, 2.45) is 0 Å². The highest BCUT2D eigenvalue weighted by molar-refractivity contribution is 7.01. The molecule has 0 bridgehead atoms. The topological polar surface area (TPSA) is 37.8 Å². The Morgan fingerprint density at radius 1 is 0.356 bits per heavy atom. The lowest BCUT2D eigenvalue weighted by Crippen LogP contribution is -2.58. The van der Waals surface area contributed by atoms with Crippen LogP contribution in [0.15, 0.2) is 207 Å². The fourth-order valence-corrected chi connectivity index (χ4v) is 9.31. The highest BCUT2D eigenvalue weighted by Crippen LogP contribution is 2.47. The van der Waals surface area contributed by atoms with Crippen LogP contribution >= 0.6 is 0 Å². The first-order valence-electron chi connectivity index (χ1n) is 20.0. The van der Waals surface area contributed by atoms with Gasteiger partial charge < -0.3 is 19.3 Å². The van der Waals surface area contributed by atoms with Gasteiger partial charge in [-0.1, -0.05) is 121 Å². The number of anilines is 6. The summed E-state index contributed by atoms with van der Waals surface area (Å²) in [7, 11) is 0. The Balaban J connectivity index is 1.12. The zero-order valence-corrected chi connectivity index (χ0v) is 31.9. The van der Waals surface area contributed by atoms with Gasteiger partial charge in [0.05, 0.1) is 23.3 Å². The molecule has 0 N–H and O–H groups in total. The van der Waals surface area contributed by atoms with E-state index in [4.69, 9.17) is 9.47 Å². The van der Waals surface area contributed by atoms with Crippen molar-refractivity contribution < 1.29 is 9.47 Å². The summed E-state index contributed by atoms with van der Waals surface area (Å²) < 4.78 is 14.1. The van der Waals surface area contributed by atoms with Gasteiger partial charge in [0.25, 0.3) is 6.71 Å². The van der Waals surface area contributed by atoms with Crippen LogP contribution in [0.4, 0.5) is 34.1 Å². The maximum Gasteiger partial charge on any atom is 0.262 e. The molecule has 59 heavy (non-hydrogen) atoms. The average Bonchev–Trinajstić information content (AvgIpc) is 3.30. The monoisotopic (exact) mass is 755 g/mol. The molecule has 0 saturated carbocycles. The van der Waals surface area contributed by atoms with Crippen LogP contribution in [-0.2, 0) is 0 Å². The van der Waals surface area contributed by atoms with Gasteiger partial charge in [-0.15, -0.1) is 0 Å². The summed E-state index contributed by atoms with van der Waals surface area (Å²) in [6.45, 7) is -0.166. The standard InChI is InChI=1S/C53H34BN3O2/c1-3-17-37(18-4-1)56(38-19-5-2-6-20-38)45-32-49-51(43-24-11-9-22-41(43)45)54-52-44-25-12-10-23-42(44)46(33-50(52)59-48-27-13-26-47(58-49)53(48)54)57(40-21-14-30-55-34-40)39-29-28-35-15-7-8-16-36(35)31-39/h1-34H. The summed E-state index contributed by atoms with van der Waals surface area (Å²) in [5.74, 6) is 3.26. The molecule has 0 amide bonds. The highest BCUT2D eigenvalue weighted by Gasteiger charge is 2.43. The summed E-state index contributed by atoms with van der Waals surface area (Å²) in [5, 5.41) is 6.87. The van der Waals surface area contributed by atoms with E-state index in [-0.39, 0.29) is 6.71 Å². The van der Waals surface area contributed by atoms with Gasteiger partial charge in [0.1, 0.15) is 23.0 Å². The number of para-hydroxylation sites is 2. The van der Waals surface area contributed by atoms with Crippen LogP contribution in [0.1, 0.15) is 0 Å². The molecule has 0 saturated heterocycles. The predicted molar refractivity (Wildman–Crippen MR) is 244 cm³/mol. The second kappa shape index (κ2) is 13.4. The van der Waals surface area contributed by atoms with Crippen LogP contribution < -0.4 is 35.7 Å². The first-order chi connectivity index (χ1) is 29.3. The maximum atomic E-state index is 7.04.